The van der Waals surface area contributed by atoms with E-state index in [1.807, 2.05) is 10.2 Å². The normalized spacial score (nSPS) is 15.8. The Morgan fingerprint density at radius 3 is 2.08 bits per heavy atom. The molecule has 1 aromatic rings. The van der Waals surface area contributed by atoms with Gasteiger partial charge in [0.1, 0.15) is 12.1 Å². The van der Waals surface area contributed by atoms with Crippen LogP contribution in [0.3, 0.4) is 0 Å². The van der Waals surface area contributed by atoms with Crippen molar-refractivity contribution < 1.29 is 56.1 Å². The Morgan fingerprint density at radius 2 is 1.55 bits per heavy atom. The molecular formula is C24H34F4N4O8. The summed E-state index contributed by atoms with van der Waals surface area (Å²) in [5, 5.41) is 16.3. The molecule has 40 heavy (non-hydrogen) atoms. The van der Waals surface area contributed by atoms with E-state index in [4.69, 9.17) is 9.84 Å². The third-order valence-corrected chi connectivity index (χ3v) is 5.34. The lowest BCUT2D eigenvalue weighted by Crippen LogP contribution is -2.56. The zero-order valence-electron chi connectivity index (χ0n) is 22.0. The first-order valence-electron chi connectivity index (χ1n) is 12.1. The molecule has 0 spiro atoms. The van der Waals surface area contributed by atoms with Gasteiger partial charge in [0.2, 0.25) is 17.7 Å². The summed E-state index contributed by atoms with van der Waals surface area (Å²) in [6.07, 6.45) is 0.149. The minimum atomic E-state index is -3.20. The first-order chi connectivity index (χ1) is 18.9. The Kier molecular flexibility index (Phi) is 16.4. The van der Waals surface area contributed by atoms with Gasteiger partial charge in [-0.05, 0) is 12.5 Å². The van der Waals surface area contributed by atoms with E-state index in [9.17, 15) is 36.7 Å². The molecule has 0 radical (unpaired) electrons. The molecule has 0 saturated carbocycles. The topological polar surface area (TPSA) is 156 Å². The van der Waals surface area contributed by atoms with Gasteiger partial charge < -0.3 is 35.3 Å². The number of carboxylic acid groups (broad SMARTS) is 1. The standard InChI is InChI=1S/C22H30F2N4O7.C2H4F2O/c1-14(19(30)27-17(21(32)33)13-35-22(23)24)25-20(31)16(11-15-5-3-2-4-6-15)26-18(29)12-28-7-9-34-10-8-28;1-5-2(3)4/h2-6,14,16-17,22H,7-13H2,1H3,(H,25,31)(H,26,29)(H,27,30)(H,32,33);2H,1H3/t14?,16-,17-;/m0./s1. The van der Waals surface area contributed by atoms with Crippen molar-refractivity contribution in [1.29, 1.82) is 0 Å². The van der Waals surface area contributed by atoms with E-state index >= 15 is 0 Å². The minimum absolute atomic E-state index is 0.0718. The average Bonchev–Trinajstić information content (AvgIpc) is 2.91. The number of rotatable bonds is 14. The Morgan fingerprint density at radius 1 is 0.950 bits per heavy atom. The van der Waals surface area contributed by atoms with Gasteiger partial charge in [0.25, 0.3) is 0 Å². The van der Waals surface area contributed by atoms with Crippen molar-refractivity contribution in [2.24, 2.45) is 0 Å². The second-order valence-corrected chi connectivity index (χ2v) is 8.42. The van der Waals surface area contributed by atoms with Crippen LogP contribution in [0.25, 0.3) is 0 Å². The van der Waals surface area contributed by atoms with Crippen LogP contribution in [0.15, 0.2) is 30.3 Å². The molecule has 12 nitrogen and oxygen atoms in total. The number of hydrogen-bond donors (Lipinski definition) is 4. The van der Waals surface area contributed by atoms with Crippen LogP contribution in [0, 0.1) is 0 Å². The summed E-state index contributed by atoms with van der Waals surface area (Å²) in [6, 6.07) is 4.97. The summed E-state index contributed by atoms with van der Waals surface area (Å²) in [7, 11) is 0.949. The Bertz CT molecular complexity index is 923. The lowest BCUT2D eigenvalue weighted by atomic mass is 10.0. The maximum atomic E-state index is 12.9. The quantitative estimate of drug-likeness (QED) is 0.225. The summed E-state index contributed by atoms with van der Waals surface area (Å²) < 4.78 is 58.2. The fourth-order valence-electron chi connectivity index (χ4n) is 3.28. The first kappa shape index (κ1) is 34.7. The number of nitrogens with one attached hydrogen (secondary N) is 3. The molecule has 3 amide bonds. The minimum Gasteiger partial charge on any atom is -0.480 e. The number of carbonyl (C=O) groups excluding carboxylic acids is 3. The summed E-state index contributed by atoms with van der Waals surface area (Å²) in [6.45, 7) is -3.21. The van der Waals surface area contributed by atoms with Gasteiger partial charge in [0, 0.05) is 26.6 Å². The van der Waals surface area contributed by atoms with Gasteiger partial charge in [0.15, 0.2) is 6.04 Å². The zero-order valence-corrected chi connectivity index (χ0v) is 22.0. The van der Waals surface area contributed by atoms with Gasteiger partial charge >= 0.3 is 19.2 Å². The molecule has 4 N–H and O–H groups in total. The number of alkyl halides is 4. The zero-order chi connectivity index (χ0) is 30.1. The van der Waals surface area contributed by atoms with E-state index in [0.717, 1.165) is 12.7 Å². The molecule has 3 atom stereocenters. The first-order valence-corrected chi connectivity index (χ1v) is 12.1. The predicted octanol–water partition coefficient (Wildman–Crippen LogP) is 0.215. The van der Waals surface area contributed by atoms with Crippen LogP contribution in [-0.4, -0.2) is 112 Å². The largest absolute Gasteiger partial charge is 0.480 e. The molecule has 1 unspecified atom stereocenters. The second-order valence-electron chi connectivity index (χ2n) is 8.42. The van der Waals surface area contributed by atoms with E-state index in [0.29, 0.717) is 26.3 Å². The van der Waals surface area contributed by atoms with Crippen molar-refractivity contribution in [2.75, 3.05) is 46.6 Å². The van der Waals surface area contributed by atoms with Gasteiger partial charge in [-0.2, -0.15) is 17.6 Å². The van der Waals surface area contributed by atoms with Gasteiger partial charge in [0.05, 0.1) is 26.4 Å². The average molecular weight is 583 g/mol. The number of hydrogen-bond acceptors (Lipinski definition) is 8. The lowest BCUT2D eigenvalue weighted by Gasteiger charge is -2.27. The highest BCUT2D eigenvalue weighted by molar-refractivity contribution is 5.93. The van der Waals surface area contributed by atoms with E-state index in [1.54, 1.807) is 30.3 Å². The number of nitrogens with zero attached hydrogens (tertiary/aromatic N) is 1. The van der Waals surface area contributed by atoms with Crippen molar-refractivity contribution in [2.45, 2.75) is 44.7 Å². The Labute approximate surface area is 228 Å². The maximum absolute atomic E-state index is 12.9. The number of halogens is 4. The summed E-state index contributed by atoms with van der Waals surface area (Å²) in [5.41, 5.74) is 0.770. The molecule has 1 heterocycles. The van der Waals surface area contributed by atoms with Crippen LogP contribution in [0.4, 0.5) is 17.6 Å². The molecule has 0 bridgehead atoms. The van der Waals surface area contributed by atoms with Gasteiger partial charge in [-0.1, -0.05) is 30.3 Å². The Hall–Kier alpha value is -3.34. The van der Waals surface area contributed by atoms with Crippen LogP contribution in [0.2, 0.25) is 0 Å². The number of benzene rings is 1. The highest BCUT2D eigenvalue weighted by atomic mass is 19.3. The number of carboxylic acids is 1. The highest BCUT2D eigenvalue weighted by Crippen LogP contribution is 2.05. The van der Waals surface area contributed by atoms with Gasteiger partial charge in [-0.25, -0.2) is 4.79 Å². The molecule has 2 rings (SSSR count). The highest BCUT2D eigenvalue weighted by Gasteiger charge is 2.28. The van der Waals surface area contributed by atoms with Crippen molar-refractivity contribution in [3.05, 3.63) is 35.9 Å². The lowest BCUT2D eigenvalue weighted by molar-refractivity contribution is -0.156. The maximum Gasteiger partial charge on any atom is 0.345 e. The van der Waals surface area contributed by atoms with E-state index in [2.05, 4.69) is 20.1 Å². The molecule has 16 heteroatoms. The molecule has 226 valence electrons. The van der Waals surface area contributed by atoms with Crippen molar-refractivity contribution in [3.8, 4) is 0 Å². The van der Waals surface area contributed by atoms with Crippen LogP contribution in [-0.2, 0) is 39.8 Å². The van der Waals surface area contributed by atoms with E-state index in [1.165, 1.54) is 6.92 Å². The third-order valence-electron chi connectivity index (χ3n) is 5.34. The molecule has 1 saturated heterocycles. The van der Waals surface area contributed by atoms with Crippen LogP contribution >= 0.6 is 0 Å². The second kappa shape index (κ2) is 18.9. The summed E-state index contributed by atoms with van der Waals surface area (Å²) in [4.78, 5) is 51.0. The molecule has 0 aromatic heterocycles. The molecule has 1 aromatic carbocycles. The van der Waals surface area contributed by atoms with Crippen LogP contribution < -0.4 is 16.0 Å². The van der Waals surface area contributed by atoms with Gasteiger partial charge in [-0.15, -0.1) is 0 Å². The number of morpholine rings is 1. The molecular weight excluding hydrogens is 548 g/mol. The number of ether oxygens (including phenoxy) is 3. The van der Waals surface area contributed by atoms with E-state index < -0.39 is 55.7 Å². The smallest absolute Gasteiger partial charge is 0.345 e. The predicted molar refractivity (Wildman–Crippen MR) is 131 cm³/mol. The number of carbonyl (C=O) groups is 4. The van der Waals surface area contributed by atoms with Crippen molar-refractivity contribution >= 4 is 23.7 Å². The Balaban J connectivity index is 0.00000146. The molecule has 1 aliphatic rings. The number of aliphatic carboxylic acids is 1. The fourth-order valence-corrected chi connectivity index (χ4v) is 3.28. The van der Waals surface area contributed by atoms with Crippen molar-refractivity contribution in [1.82, 2.24) is 20.9 Å². The molecule has 1 aliphatic heterocycles. The molecule has 0 aliphatic carbocycles. The van der Waals surface area contributed by atoms with Crippen LogP contribution in [0.5, 0.6) is 0 Å². The van der Waals surface area contributed by atoms with Crippen molar-refractivity contribution in [3.63, 3.8) is 0 Å². The van der Waals surface area contributed by atoms with Crippen LogP contribution in [0.1, 0.15) is 12.5 Å². The monoisotopic (exact) mass is 582 g/mol. The van der Waals surface area contributed by atoms with E-state index in [-0.39, 0.29) is 18.9 Å². The third kappa shape index (κ3) is 14.7. The fraction of sp³-hybridized carbons (Fsp3) is 0.583. The SMILES string of the molecule is CC(NC(=O)[C@H](Cc1ccccc1)NC(=O)CN1CCOCC1)C(=O)N[C@@H](COC(F)F)C(=O)O.COC(F)F. The number of methoxy groups -OCH3 is 1. The summed E-state index contributed by atoms with van der Waals surface area (Å²) in [5.74, 6) is -3.53. The van der Waals surface area contributed by atoms with Gasteiger partial charge in [-0.3, -0.25) is 19.3 Å². The number of amides is 3. The molecule has 1 fully saturated rings. The summed E-state index contributed by atoms with van der Waals surface area (Å²) >= 11 is 0.